The summed E-state index contributed by atoms with van der Waals surface area (Å²) in [5.41, 5.74) is 1.22. The highest BCUT2D eigenvalue weighted by molar-refractivity contribution is 8.13. The van der Waals surface area contributed by atoms with Crippen LogP contribution in [0.5, 0.6) is 0 Å². The number of piperazine rings is 1. The van der Waals surface area contributed by atoms with Crippen LogP contribution in [-0.2, 0) is 5.41 Å². The van der Waals surface area contributed by atoms with E-state index in [2.05, 4.69) is 18.0 Å². The third-order valence-electron chi connectivity index (χ3n) is 5.19. The number of carbonyl (C=O) groups excluding carboxylic acids is 1. The zero-order chi connectivity index (χ0) is 19.1. The Kier molecular flexibility index (Phi) is 6.54. The first-order valence-corrected chi connectivity index (χ1v) is 10.3. The highest BCUT2D eigenvalue weighted by Gasteiger charge is 2.34. The molecule has 27 heavy (non-hydrogen) atoms. The van der Waals surface area contributed by atoms with E-state index in [0.29, 0.717) is 12.2 Å². The molecule has 140 valence electrons. The quantitative estimate of drug-likeness (QED) is 0.788. The fraction of sp³-hybridized carbons (Fsp3) is 0.364. The summed E-state index contributed by atoms with van der Waals surface area (Å²) in [4.78, 5) is 16.7. The van der Waals surface area contributed by atoms with Crippen LogP contribution < -0.4 is 0 Å². The largest absolute Gasteiger partial charge is 0.331 e. The second-order valence-corrected chi connectivity index (χ2v) is 7.95. The Bertz CT molecular complexity index is 741. The van der Waals surface area contributed by atoms with Crippen molar-refractivity contribution in [2.75, 3.05) is 39.0 Å². The van der Waals surface area contributed by atoms with Crippen molar-refractivity contribution in [3.63, 3.8) is 0 Å². The van der Waals surface area contributed by atoms with Crippen LogP contribution in [0.2, 0.25) is 0 Å². The highest BCUT2D eigenvalue weighted by Crippen LogP contribution is 2.36. The number of amides is 1. The Balaban J connectivity index is 1.73. The van der Waals surface area contributed by atoms with Crippen molar-refractivity contribution >= 4 is 17.0 Å². The smallest absolute Gasteiger partial charge is 0.281 e. The number of rotatable bonds is 5. The summed E-state index contributed by atoms with van der Waals surface area (Å²) >= 11 is 1.33. The first-order chi connectivity index (χ1) is 13.2. The van der Waals surface area contributed by atoms with Gasteiger partial charge in [0.1, 0.15) is 5.41 Å². The van der Waals surface area contributed by atoms with Crippen molar-refractivity contribution in [2.24, 2.45) is 0 Å². The topological polar surface area (TPSA) is 47.3 Å². The molecule has 0 radical (unpaired) electrons. The molecule has 2 aromatic carbocycles. The average molecular weight is 380 g/mol. The normalized spacial score (nSPS) is 15.3. The van der Waals surface area contributed by atoms with Gasteiger partial charge >= 0.3 is 0 Å². The Morgan fingerprint density at radius 2 is 1.52 bits per heavy atom. The van der Waals surface area contributed by atoms with Gasteiger partial charge in [-0.05, 0) is 24.6 Å². The molecule has 1 aliphatic rings. The van der Waals surface area contributed by atoms with E-state index in [4.69, 9.17) is 0 Å². The lowest BCUT2D eigenvalue weighted by atomic mass is 9.74. The Morgan fingerprint density at radius 3 is 2.00 bits per heavy atom. The SMILES string of the molecule is CN1CCN(C(=O)SCCC(C#N)(c2ccccc2)c2ccccc2)CC1. The first kappa shape index (κ1) is 19.5. The zero-order valence-corrected chi connectivity index (χ0v) is 16.5. The van der Waals surface area contributed by atoms with Crippen LogP contribution >= 0.6 is 11.8 Å². The molecule has 5 heteroatoms. The van der Waals surface area contributed by atoms with Crippen LogP contribution in [0.1, 0.15) is 17.5 Å². The summed E-state index contributed by atoms with van der Waals surface area (Å²) in [5.74, 6) is 0.614. The molecule has 1 fully saturated rings. The van der Waals surface area contributed by atoms with E-state index in [-0.39, 0.29) is 5.24 Å². The van der Waals surface area contributed by atoms with Gasteiger partial charge in [0.15, 0.2) is 0 Å². The molecule has 0 saturated carbocycles. The summed E-state index contributed by atoms with van der Waals surface area (Å²) in [5, 5.41) is 10.3. The molecule has 2 aromatic rings. The maximum atomic E-state index is 12.5. The Hall–Kier alpha value is -2.29. The van der Waals surface area contributed by atoms with Gasteiger partial charge in [0, 0.05) is 31.9 Å². The standard InChI is InChI=1S/C22H25N3OS/c1-24-13-15-25(16-14-24)21(26)27-17-12-22(18-23,19-8-4-2-5-9-19)20-10-6-3-7-11-20/h2-11H,12-17H2,1H3. The predicted molar refractivity (Wildman–Crippen MR) is 111 cm³/mol. The fourth-order valence-corrected chi connectivity index (χ4v) is 4.41. The number of nitriles is 1. The minimum absolute atomic E-state index is 0.121. The lowest BCUT2D eigenvalue weighted by Gasteiger charge is -2.32. The maximum absolute atomic E-state index is 12.5. The molecule has 1 amide bonds. The van der Waals surface area contributed by atoms with Gasteiger partial charge in [0.2, 0.25) is 0 Å². The minimum atomic E-state index is -0.738. The van der Waals surface area contributed by atoms with Gasteiger partial charge in [-0.1, -0.05) is 72.4 Å². The maximum Gasteiger partial charge on any atom is 0.281 e. The second kappa shape index (κ2) is 9.07. The van der Waals surface area contributed by atoms with Crippen LogP contribution in [0, 0.1) is 11.3 Å². The van der Waals surface area contributed by atoms with Crippen LogP contribution in [0.15, 0.2) is 60.7 Å². The number of likely N-dealkylation sites (N-methyl/N-ethyl adjacent to an activating group) is 1. The molecule has 4 nitrogen and oxygen atoms in total. The molecule has 0 unspecified atom stereocenters. The molecule has 3 rings (SSSR count). The van der Waals surface area contributed by atoms with Crippen molar-refractivity contribution in [3.05, 3.63) is 71.8 Å². The lowest BCUT2D eigenvalue weighted by molar-refractivity contribution is 0.172. The first-order valence-electron chi connectivity index (χ1n) is 9.28. The summed E-state index contributed by atoms with van der Waals surface area (Å²) in [6.45, 7) is 3.40. The molecule has 0 spiro atoms. The molecule has 1 saturated heterocycles. The summed E-state index contributed by atoms with van der Waals surface area (Å²) in [6, 6.07) is 22.4. The van der Waals surface area contributed by atoms with Crippen LogP contribution in [0.25, 0.3) is 0 Å². The van der Waals surface area contributed by atoms with Gasteiger partial charge in [-0.3, -0.25) is 4.79 Å². The van der Waals surface area contributed by atoms with Crippen molar-refractivity contribution in [3.8, 4) is 6.07 Å². The van der Waals surface area contributed by atoms with E-state index in [9.17, 15) is 10.1 Å². The van der Waals surface area contributed by atoms with Crippen LogP contribution in [-0.4, -0.2) is 54.0 Å². The second-order valence-electron chi connectivity index (χ2n) is 6.90. The summed E-state index contributed by atoms with van der Waals surface area (Å²) < 4.78 is 0. The molecule has 0 N–H and O–H groups in total. The Labute approximate surface area is 165 Å². The summed E-state index contributed by atoms with van der Waals surface area (Å²) in [6.07, 6.45) is 0.599. The van der Waals surface area contributed by atoms with Gasteiger partial charge < -0.3 is 9.80 Å². The van der Waals surface area contributed by atoms with Crippen molar-refractivity contribution in [1.29, 1.82) is 5.26 Å². The van der Waals surface area contributed by atoms with Gasteiger partial charge in [-0.25, -0.2) is 0 Å². The molecule has 1 aliphatic heterocycles. The molecule has 0 bridgehead atoms. The molecule has 0 aliphatic carbocycles. The number of thioether (sulfide) groups is 1. The van der Waals surface area contributed by atoms with E-state index in [1.807, 2.05) is 65.6 Å². The fourth-order valence-electron chi connectivity index (χ4n) is 3.46. The lowest BCUT2D eigenvalue weighted by Crippen LogP contribution is -2.46. The minimum Gasteiger partial charge on any atom is -0.331 e. The predicted octanol–water partition coefficient (Wildman–Crippen LogP) is 3.99. The number of nitrogens with zero attached hydrogens (tertiary/aromatic N) is 3. The van der Waals surface area contributed by atoms with Crippen molar-refractivity contribution < 1.29 is 4.79 Å². The third kappa shape index (κ3) is 4.52. The molecular weight excluding hydrogens is 354 g/mol. The molecule has 0 aromatic heterocycles. The van der Waals surface area contributed by atoms with E-state index in [1.165, 1.54) is 11.8 Å². The van der Waals surface area contributed by atoms with E-state index >= 15 is 0 Å². The van der Waals surface area contributed by atoms with Crippen LogP contribution in [0.4, 0.5) is 4.79 Å². The monoisotopic (exact) mass is 379 g/mol. The average Bonchev–Trinajstić information content (AvgIpc) is 2.73. The third-order valence-corrected chi connectivity index (χ3v) is 6.10. The van der Waals surface area contributed by atoms with Gasteiger partial charge in [0.05, 0.1) is 6.07 Å². The van der Waals surface area contributed by atoms with Gasteiger partial charge in [-0.2, -0.15) is 5.26 Å². The van der Waals surface area contributed by atoms with E-state index in [0.717, 1.165) is 37.3 Å². The molecule has 1 heterocycles. The Morgan fingerprint density at radius 1 is 1.00 bits per heavy atom. The van der Waals surface area contributed by atoms with Gasteiger partial charge in [-0.15, -0.1) is 0 Å². The van der Waals surface area contributed by atoms with E-state index in [1.54, 1.807) is 0 Å². The molecule has 0 atom stereocenters. The number of benzene rings is 2. The molecular formula is C22H25N3OS. The van der Waals surface area contributed by atoms with Crippen molar-refractivity contribution in [2.45, 2.75) is 11.8 Å². The van der Waals surface area contributed by atoms with Crippen LogP contribution in [0.3, 0.4) is 0 Å². The van der Waals surface area contributed by atoms with E-state index < -0.39 is 5.41 Å². The number of carbonyl (C=O) groups is 1. The number of hydrogen-bond donors (Lipinski definition) is 0. The zero-order valence-electron chi connectivity index (χ0n) is 15.7. The highest BCUT2D eigenvalue weighted by atomic mass is 32.2. The van der Waals surface area contributed by atoms with Crippen molar-refractivity contribution in [1.82, 2.24) is 9.80 Å². The summed E-state index contributed by atoms with van der Waals surface area (Å²) in [7, 11) is 2.08. The number of hydrogen-bond acceptors (Lipinski definition) is 4. The van der Waals surface area contributed by atoms with Gasteiger partial charge in [0.25, 0.3) is 5.24 Å².